The number of halogens is 4. The van der Waals surface area contributed by atoms with E-state index >= 15 is 0 Å². The Morgan fingerprint density at radius 2 is 0.822 bits per heavy atom. The fraction of sp³-hybridized carbons (Fsp3) is 0. The molecule has 218 valence electrons. The highest BCUT2D eigenvalue weighted by molar-refractivity contribution is 5.84. The molecule has 7 heteroatoms. The van der Waals surface area contributed by atoms with E-state index in [0.29, 0.717) is 45.2 Å². The molecule has 3 nitrogen and oxygen atoms in total. The van der Waals surface area contributed by atoms with Gasteiger partial charge in [-0.15, -0.1) is 0 Å². The van der Waals surface area contributed by atoms with Crippen molar-refractivity contribution < 1.29 is 22.0 Å². The number of furan rings is 1. The molecule has 0 saturated carbocycles. The van der Waals surface area contributed by atoms with Gasteiger partial charge in [-0.05, 0) is 70.8 Å². The normalized spacial score (nSPS) is 11.1. The van der Waals surface area contributed by atoms with Crippen LogP contribution in [0.3, 0.4) is 0 Å². The average Bonchev–Trinajstić information content (AvgIpc) is 3.56. The summed E-state index contributed by atoms with van der Waals surface area (Å²) >= 11 is 0. The Bertz CT molecular complexity index is 1970. The molecular weight excluding hydrogens is 576 g/mol. The number of nitrogens with zero attached hydrogens (tertiary/aromatic N) is 2. The molecule has 7 aromatic rings. The largest absolute Gasteiger partial charge is 0.456 e. The first-order valence-electron chi connectivity index (χ1n) is 14.1. The summed E-state index contributed by atoms with van der Waals surface area (Å²) < 4.78 is 64.5. The summed E-state index contributed by atoms with van der Waals surface area (Å²) in [5, 5.41) is 0. The van der Waals surface area contributed by atoms with Gasteiger partial charge in [0.1, 0.15) is 34.8 Å². The van der Waals surface area contributed by atoms with Crippen molar-refractivity contribution in [3.63, 3.8) is 0 Å². The highest BCUT2D eigenvalue weighted by atomic mass is 19.1. The molecule has 0 radical (unpaired) electrons. The van der Waals surface area contributed by atoms with Crippen LogP contribution < -0.4 is 0 Å². The lowest BCUT2D eigenvalue weighted by Crippen LogP contribution is -1.94. The molecule has 0 aliphatic carbocycles. The van der Waals surface area contributed by atoms with Crippen LogP contribution in [0.25, 0.3) is 67.4 Å². The fourth-order valence-electron chi connectivity index (χ4n) is 5.42. The summed E-state index contributed by atoms with van der Waals surface area (Å²) in [6.07, 6.45) is 3.13. The van der Waals surface area contributed by atoms with Crippen LogP contribution in [0.4, 0.5) is 17.6 Å². The lowest BCUT2D eigenvalue weighted by molar-refractivity contribution is 0.585. The van der Waals surface area contributed by atoms with Crippen molar-refractivity contribution in [3.05, 3.63) is 157 Å². The number of hydrogen-bond acceptors (Lipinski definition) is 3. The summed E-state index contributed by atoms with van der Waals surface area (Å²) in [4.78, 5) is 8.51. The van der Waals surface area contributed by atoms with E-state index < -0.39 is 23.3 Å². The van der Waals surface area contributed by atoms with Crippen LogP contribution in [0.1, 0.15) is 0 Å². The van der Waals surface area contributed by atoms with Gasteiger partial charge in [0.05, 0.1) is 11.4 Å². The van der Waals surface area contributed by atoms with Crippen LogP contribution in [0, 0.1) is 23.3 Å². The Kier molecular flexibility index (Phi) is 7.27. The molecular formula is C38H22F4N2O. The Morgan fingerprint density at radius 1 is 0.422 bits per heavy atom. The van der Waals surface area contributed by atoms with Crippen molar-refractivity contribution in [1.29, 1.82) is 0 Å². The topological polar surface area (TPSA) is 38.9 Å². The maximum atomic E-state index is 14.9. The summed E-state index contributed by atoms with van der Waals surface area (Å²) in [5.74, 6) is -1.54. The minimum Gasteiger partial charge on any atom is -0.456 e. The number of hydrogen-bond donors (Lipinski definition) is 0. The number of aromatic nitrogens is 2. The second-order valence-corrected chi connectivity index (χ2v) is 10.4. The number of rotatable bonds is 6. The first-order valence-corrected chi connectivity index (χ1v) is 14.1. The molecule has 0 fully saturated rings. The molecule has 0 atom stereocenters. The molecule has 0 unspecified atom stereocenters. The zero-order valence-electron chi connectivity index (χ0n) is 23.5. The summed E-state index contributed by atoms with van der Waals surface area (Å²) in [5.41, 5.74) is 4.84. The zero-order valence-corrected chi connectivity index (χ0v) is 23.5. The standard InChI is InChI=1S/C38H22F4N2O/c39-27-19-29(37(31(41)21-27)33-5-1-3-17-43-33)23-7-11-25(12-8-23)35-15-16-36(45-35)26-13-9-24(10-14-26)30-20-28(40)22-32(42)38(30)34-6-2-4-18-44-34/h1-22H. The molecule has 3 aromatic heterocycles. The van der Waals surface area contributed by atoms with Gasteiger partial charge in [0, 0.05) is 46.8 Å². The zero-order chi connectivity index (χ0) is 30.9. The van der Waals surface area contributed by atoms with Crippen LogP contribution in [-0.2, 0) is 0 Å². The Balaban J connectivity index is 1.17. The van der Waals surface area contributed by atoms with Crippen molar-refractivity contribution >= 4 is 0 Å². The van der Waals surface area contributed by atoms with E-state index in [4.69, 9.17) is 4.42 Å². The smallest absolute Gasteiger partial charge is 0.136 e. The Morgan fingerprint density at radius 3 is 1.20 bits per heavy atom. The molecule has 7 rings (SSSR count). The Labute approximate surface area is 256 Å². The Hall–Kier alpha value is -5.82. The molecule has 0 amide bonds. The SMILES string of the molecule is Fc1cc(F)c(-c2ccccn2)c(-c2ccc(-c3ccc(-c4ccc(-c5cc(F)cc(F)c5-c5ccccn5)cc4)o3)cc2)c1. The number of benzene rings is 4. The quantitative estimate of drug-likeness (QED) is 0.179. The van der Waals surface area contributed by atoms with E-state index in [1.54, 1.807) is 73.1 Å². The molecule has 4 aromatic carbocycles. The van der Waals surface area contributed by atoms with Crippen LogP contribution in [-0.4, -0.2) is 9.97 Å². The van der Waals surface area contributed by atoms with Crippen LogP contribution in [0.5, 0.6) is 0 Å². The fourth-order valence-corrected chi connectivity index (χ4v) is 5.42. The van der Waals surface area contributed by atoms with Gasteiger partial charge in [0.15, 0.2) is 0 Å². The van der Waals surface area contributed by atoms with Gasteiger partial charge < -0.3 is 4.42 Å². The van der Waals surface area contributed by atoms with Crippen molar-refractivity contribution in [2.24, 2.45) is 0 Å². The molecule has 0 aliphatic heterocycles. The minimum absolute atomic E-state index is 0.224. The first-order chi connectivity index (χ1) is 21.9. The summed E-state index contributed by atoms with van der Waals surface area (Å²) in [6.45, 7) is 0. The van der Waals surface area contributed by atoms with Crippen molar-refractivity contribution in [1.82, 2.24) is 9.97 Å². The highest BCUT2D eigenvalue weighted by Crippen LogP contribution is 2.38. The molecule has 3 heterocycles. The van der Waals surface area contributed by atoms with Crippen molar-refractivity contribution in [2.75, 3.05) is 0 Å². The second-order valence-electron chi connectivity index (χ2n) is 10.4. The maximum Gasteiger partial charge on any atom is 0.136 e. The van der Waals surface area contributed by atoms with Gasteiger partial charge >= 0.3 is 0 Å². The molecule has 0 saturated heterocycles. The summed E-state index contributed by atoms with van der Waals surface area (Å²) in [6, 6.07) is 32.7. The minimum atomic E-state index is -0.690. The average molecular weight is 599 g/mol. The van der Waals surface area contributed by atoms with E-state index in [1.807, 2.05) is 36.4 Å². The van der Waals surface area contributed by atoms with Gasteiger partial charge in [-0.25, -0.2) is 17.6 Å². The predicted molar refractivity (Wildman–Crippen MR) is 167 cm³/mol. The number of pyridine rings is 2. The monoisotopic (exact) mass is 598 g/mol. The lowest BCUT2D eigenvalue weighted by Gasteiger charge is -2.12. The van der Waals surface area contributed by atoms with Crippen molar-refractivity contribution in [3.8, 4) is 67.4 Å². The van der Waals surface area contributed by atoms with Gasteiger partial charge in [-0.1, -0.05) is 60.7 Å². The van der Waals surface area contributed by atoms with Crippen LogP contribution in [0.2, 0.25) is 0 Å². The lowest BCUT2D eigenvalue weighted by atomic mass is 9.95. The van der Waals surface area contributed by atoms with E-state index in [2.05, 4.69) is 9.97 Å². The van der Waals surface area contributed by atoms with E-state index in [9.17, 15) is 17.6 Å². The van der Waals surface area contributed by atoms with Crippen LogP contribution >= 0.6 is 0 Å². The van der Waals surface area contributed by atoms with Crippen LogP contribution in [0.15, 0.2) is 138 Å². The van der Waals surface area contributed by atoms with Gasteiger partial charge in [0.25, 0.3) is 0 Å². The third-order valence-electron chi connectivity index (χ3n) is 7.52. The molecule has 0 spiro atoms. The van der Waals surface area contributed by atoms with Gasteiger partial charge in [0.2, 0.25) is 0 Å². The maximum absolute atomic E-state index is 14.9. The predicted octanol–water partition coefficient (Wildman–Crippen LogP) is 10.6. The van der Waals surface area contributed by atoms with Crippen molar-refractivity contribution in [2.45, 2.75) is 0 Å². The van der Waals surface area contributed by atoms with E-state index in [1.165, 1.54) is 12.1 Å². The van der Waals surface area contributed by atoms with Gasteiger partial charge in [-0.3, -0.25) is 9.97 Å². The second kappa shape index (κ2) is 11.7. The molecule has 0 N–H and O–H groups in total. The van der Waals surface area contributed by atoms with E-state index in [-0.39, 0.29) is 11.1 Å². The molecule has 0 bridgehead atoms. The van der Waals surface area contributed by atoms with Gasteiger partial charge in [-0.2, -0.15) is 0 Å². The third-order valence-corrected chi connectivity index (χ3v) is 7.52. The summed E-state index contributed by atoms with van der Waals surface area (Å²) in [7, 11) is 0. The first kappa shape index (κ1) is 28.0. The molecule has 0 aliphatic rings. The molecule has 45 heavy (non-hydrogen) atoms. The third kappa shape index (κ3) is 5.52. The van der Waals surface area contributed by atoms with E-state index in [0.717, 1.165) is 23.3 Å². The highest BCUT2D eigenvalue weighted by Gasteiger charge is 2.18.